The lowest BCUT2D eigenvalue weighted by Gasteiger charge is -2.09. The number of fused-ring (bicyclic) bond motifs is 1. The second-order valence-corrected chi connectivity index (χ2v) is 5.82. The predicted molar refractivity (Wildman–Crippen MR) is 70.7 cm³/mol. The molecule has 0 saturated heterocycles. The molecule has 0 aliphatic carbocycles. The Bertz CT molecular complexity index is 481. The Morgan fingerprint density at radius 3 is 2.81 bits per heavy atom. The molecule has 16 heavy (non-hydrogen) atoms. The molecule has 0 saturated carbocycles. The average Bonchev–Trinajstić information content (AvgIpc) is 2.73. The zero-order valence-electron chi connectivity index (χ0n) is 8.66. The molecule has 0 fully saturated rings. The summed E-state index contributed by atoms with van der Waals surface area (Å²) in [5.41, 5.74) is 2.49. The number of rotatable bonds is 1. The lowest BCUT2D eigenvalue weighted by molar-refractivity contribution is 0.644. The Morgan fingerprint density at radius 1 is 1.25 bits per heavy atom. The molecule has 0 bridgehead atoms. The van der Waals surface area contributed by atoms with Crippen molar-refractivity contribution in [3.63, 3.8) is 0 Å². The van der Waals surface area contributed by atoms with Crippen LogP contribution in [-0.2, 0) is 13.0 Å². The number of thiazole rings is 1. The fraction of sp³-hybridized carbons (Fsp3) is 0.250. The van der Waals surface area contributed by atoms with Crippen LogP contribution in [0.5, 0.6) is 0 Å². The van der Waals surface area contributed by atoms with E-state index in [-0.39, 0.29) is 0 Å². The Kier molecular flexibility index (Phi) is 2.79. The van der Waals surface area contributed by atoms with Crippen molar-refractivity contribution in [1.29, 1.82) is 0 Å². The second-order valence-electron chi connectivity index (χ2n) is 3.82. The Labute approximate surface area is 107 Å². The lowest BCUT2D eigenvalue weighted by Crippen LogP contribution is -2.22. The van der Waals surface area contributed by atoms with Gasteiger partial charge in [0, 0.05) is 34.4 Å². The van der Waals surface area contributed by atoms with Crippen LogP contribution in [-0.4, -0.2) is 11.5 Å². The molecule has 1 aromatic carbocycles. The standard InChI is InChI=1S/C12H11BrN2S/c13-9-3-1-8(2-4-9)12-15-10-5-6-14-7-11(10)16-12/h1-4,14H,5-7H2. The molecule has 1 aliphatic rings. The van der Waals surface area contributed by atoms with Gasteiger partial charge in [0.1, 0.15) is 5.01 Å². The lowest BCUT2D eigenvalue weighted by atomic mass is 10.2. The van der Waals surface area contributed by atoms with Crippen molar-refractivity contribution in [1.82, 2.24) is 10.3 Å². The summed E-state index contributed by atoms with van der Waals surface area (Å²) in [6, 6.07) is 8.35. The first-order valence-electron chi connectivity index (χ1n) is 5.28. The zero-order chi connectivity index (χ0) is 11.0. The third-order valence-corrected chi connectivity index (χ3v) is 4.37. The maximum Gasteiger partial charge on any atom is 0.123 e. The number of nitrogens with zero attached hydrogens (tertiary/aromatic N) is 1. The number of aromatic nitrogens is 1. The van der Waals surface area contributed by atoms with Crippen LogP contribution < -0.4 is 5.32 Å². The van der Waals surface area contributed by atoms with E-state index in [9.17, 15) is 0 Å². The molecule has 0 amide bonds. The molecular weight excluding hydrogens is 284 g/mol. The van der Waals surface area contributed by atoms with E-state index in [0.29, 0.717) is 0 Å². The number of halogens is 1. The molecule has 1 aromatic heterocycles. The molecule has 0 radical (unpaired) electrons. The van der Waals surface area contributed by atoms with Gasteiger partial charge >= 0.3 is 0 Å². The van der Waals surface area contributed by atoms with Crippen LogP contribution >= 0.6 is 27.3 Å². The average molecular weight is 295 g/mol. The summed E-state index contributed by atoms with van der Waals surface area (Å²) in [6.07, 6.45) is 1.06. The van der Waals surface area contributed by atoms with Gasteiger partial charge in [-0.05, 0) is 12.1 Å². The van der Waals surface area contributed by atoms with Crippen LogP contribution in [0.25, 0.3) is 10.6 Å². The highest BCUT2D eigenvalue weighted by Crippen LogP contribution is 2.30. The highest BCUT2D eigenvalue weighted by atomic mass is 79.9. The van der Waals surface area contributed by atoms with Crippen LogP contribution in [0, 0.1) is 0 Å². The van der Waals surface area contributed by atoms with Gasteiger partial charge in [0.05, 0.1) is 5.69 Å². The van der Waals surface area contributed by atoms with E-state index in [1.54, 1.807) is 11.3 Å². The van der Waals surface area contributed by atoms with E-state index in [2.05, 4.69) is 45.5 Å². The van der Waals surface area contributed by atoms with Crippen LogP contribution in [0.4, 0.5) is 0 Å². The van der Waals surface area contributed by atoms with Gasteiger partial charge in [0.25, 0.3) is 0 Å². The molecular formula is C12H11BrN2S. The van der Waals surface area contributed by atoms with Crippen molar-refractivity contribution in [2.45, 2.75) is 13.0 Å². The highest BCUT2D eigenvalue weighted by Gasteiger charge is 2.15. The van der Waals surface area contributed by atoms with E-state index in [4.69, 9.17) is 4.98 Å². The molecule has 82 valence electrons. The summed E-state index contributed by atoms with van der Waals surface area (Å²) >= 11 is 5.25. The topological polar surface area (TPSA) is 24.9 Å². The first-order chi connectivity index (χ1) is 7.83. The van der Waals surface area contributed by atoms with E-state index in [1.807, 2.05) is 0 Å². The molecule has 1 N–H and O–H groups in total. The van der Waals surface area contributed by atoms with Gasteiger partial charge in [0.15, 0.2) is 0 Å². The van der Waals surface area contributed by atoms with Crippen molar-refractivity contribution in [3.05, 3.63) is 39.3 Å². The van der Waals surface area contributed by atoms with Crippen LogP contribution in [0.3, 0.4) is 0 Å². The molecule has 1 aliphatic heterocycles. The fourth-order valence-corrected chi connectivity index (χ4v) is 3.19. The molecule has 0 spiro atoms. The molecule has 2 heterocycles. The predicted octanol–water partition coefficient (Wildman–Crippen LogP) is 3.22. The summed E-state index contributed by atoms with van der Waals surface area (Å²) < 4.78 is 1.11. The van der Waals surface area contributed by atoms with E-state index in [0.717, 1.165) is 29.0 Å². The largest absolute Gasteiger partial charge is 0.311 e. The smallest absolute Gasteiger partial charge is 0.123 e. The van der Waals surface area contributed by atoms with E-state index >= 15 is 0 Å². The minimum Gasteiger partial charge on any atom is -0.311 e. The van der Waals surface area contributed by atoms with Gasteiger partial charge in [-0.15, -0.1) is 11.3 Å². The minimum absolute atomic E-state index is 0.976. The first-order valence-corrected chi connectivity index (χ1v) is 6.89. The third kappa shape index (κ3) is 1.93. The summed E-state index contributed by atoms with van der Waals surface area (Å²) in [4.78, 5) is 6.11. The Hall–Kier alpha value is -0.710. The maximum atomic E-state index is 4.71. The number of benzene rings is 1. The minimum atomic E-state index is 0.976. The number of nitrogens with one attached hydrogen (secondary N) is 1. The van der Waals surface area contributed by atoms with Gasteiger partial charge in [-0.1, -0.05) is 28.1 Å². The monoisotopic (exact) mass is 294 g/mol. The quantitative estimate of drug-likeness (QED) is 0.874. The molecule has 0 atom stereocenters. The summed E-state index contributed by atoms with van der Waals surface area (Å²) in [7, 11) is 0. The van der Waals surface area contributed by atoms with Crippen LogP contribution in [0.1, 0.15) is 10.6 Å². The van der Waals surface area contributed by atoms with Crippen molar-refractivity contribution in [2.24, 2.45) is 0 Å². The van der Waals surface area contributed by atoms with E-state index in [1.165, 1.54) is 16.1 Å². The molecule has 0 unspecified atom stereocenters. The van der Waals surface area contributed by atoms with Crippen molar-refractivity contribution < 1.29 is 0 Å². The van der Waals surface area contributed by atoms with E-state index < -0.39 is 0 Å². The summed E-state index contributed by atoms with van der Waals surface area (Å²) in [6.45, 7) is 2.03. The van der Waals surface area contributed by atoms with Gasteiger partial charge in [0.2, 0.25) is 0 Å². The van der Waals surface area contributed by atoms with Crippen LogP contribution in [0.2, 0.25) is 0 Å². The first kappa shape index (κ1) is 10.4. The fourth-order valence-electron chi connectivity index (χ4n) is 1.84. The van der Waals surface area contributed by atoms with Crippen molar-refractivity contribution >= 4 is 27.3 Å². The van der Waals surface area contributed by atoms with Gasteiger partial charge in [-0.25, -0.2) is 4.98 Å². The summed E-state index contributed by atoms with van der Waals surface area (Å²) in [5, 5.41) is 4.52. The van der Waals surface area contributed by atoms with Crippen molar-refractivity contribution in [2.75, 3.05) is 6.54 Å². The molecule has 4 heteroatoms. The third-order valence-electron chi connectivity index (χ3n) is 2.69. The molecule has 2 aromatic rings. The SMILES string of the molecule is Brc1ccc(-c2nc3c(s2)CNCC3)cc1. The van der Waals surface area contributed by atoms with Crippen molar-refractivity contribution in [3.8, 4) is 10.6 Å². The Morgan fingerprint density at radius 2 is 2.06 bits per heavy atom. The summed E-state index contributed by atoms with van der Waals surface area (Å²) in [5.74, 6) is 0. The number of hydrogen-bond acceptors (Lipinski definition) is 3. The maximum absolute atomic E-state index is 4.71. The molecule has 2 nitrogen and oxygen atoms in total. The molecule has 3 rings (SSSR count). The van der Waals surface area contributed by atoms with Gasteiger partial charge < -0.3 is 5.32 Å². The van der Waals surface area contributed by atoms with Gasteiger partial charge in [-0.2, -0.15) is 0 Å². The Balaban J connectivity index is 2.00. The van der Waals surface area contributed by atoms with Crippen LogP contribution in [0.15, 0.2) is 28.7 Å². The normalized spacial score (nSPS) is 14.8. The second kappa shape index (κ2) is 4.28. The number of hydrogen-bond donors (Lipinski definition) is 1. The zero-order valence-corrected chi connectivity index (χ0v) is 11.1. The van der Waals surface area contributed by atoms with Gasteiger partial charge in [-0.3, -0.25) is 0 Å². The highest BCUT2D eigenvalue weighted by molar-refractivity contribution is 9.10.